The van der Waals surface area contributed by atoms with Crippen LogP contribution in [0.1, 0.15) is 22.6 Å². The maximum Gasteiger partial charge on any atom is 0.234 e. The van der Waals surface area contributed by atoms with Crippen molar-refractivity contribution in [1.82, 2.24) is 20.4 Å². The van der Waals surface area contributed by atoms with Crippen LogP contribution in [-0.4, -0.2) is 76.0 Å². The molecular formula is C26H36N4O3. The van der Waals surface area contributed by atoms with E-state index in [2.05, 4.69) is 34.7 Å². The number of hydrogen-bond acceptors (Lipinski definition) is 5. The normalized spacial score (nSPS) is 18.3. The number of likely N-dealkylation sites (tertiary alicyclic amines) is 1. The zero-order valence-corrected chi connectivity index (χ0v) is 20.1. The van der Waals surface area contributed by atoms with Crippen molar-refractivity contribution >= 4 is 11.8 Å². The van der Waals surface area contributed by atoms with E-state index < -0.39 is 0 Å². The van der Waals surface area contributed by atoms with Gasteiger partial charge in [0.25, 0.3) is 0 Å². The van der Waals surface area contributed by atoms with Gasteiger partial charge in [-0.05, 0) is 56.4 Å². The van der Waals surface area contributed by atoms with E-state index in [1.54, 1.807) is 7.11 Å². The lowest BCUT2D eigenvalue weighted by atomic mass is 9.88. The molecule has 7 heteroatoms. The Morgan fingerprint density at radius 3 is 2.30 bits per heavy atom. The lowest BCUT2D eigenvalue weighted by molar-refractivity contribution is -0.125. The molecule has 1 aliphatic rings. The number of benzene rings is 2. The molecule has 0 spiro atoms. The van der Waals surface area contributed by atoms with Crippen LogP contribution >= 0.6 is 0 Å². The van der Waals surface area contributed by atoms with Crippen LogP contribution in [0.5, 0.6) is 5.75 Å². The Bertz CT molecular complexity index is 912. The number of nitrogens with zero attached hydrogens (tertiary/aromatic N) is 2. The topological polar surface area (TPSA) is 73.9 Å². The summed E-state index contributed by atoms with van der Waals surface area (Å²) in [6.45, 7) is 3.11. The number of ether oxygens (including phenoxy) is 1. The molecule has 2 aromatic carbocycles. The monoisotopic (exact) mass is 452 g/mol. The fourth-order valence-corrected chi connectivity index (χ4v) is 4.28. The molecule has 1 heterocycles. The summed E-state index contributed by atoms with van der Waals surface area (Å²) in [5, 5.41) is 6.07. The number of amides is 2. The average Bonchev–Trinajstić information content (AvgIpc) is 3.20. The second-order valence-corrected chi connectivity index (χ2v) is 9.08. The molecule has 1 fully saturated rings. The standard InChI is InChI=1S/C26H36N4O3/c1-29(2)18-25(31)28-15-20-5-9-21(10-6-20)23-16-30(3)17-24(23)26(32)27-14-13-19-7-11-22(33-4)12-8-19/h5-12,23-24H,13-18H2,1-4H3,(H,27,32)(H,28,31). The van der Waals surface area contributed by atoms with Crippen LogP contribution in [0.25, 0.3) is 0 Å². The summed E-state index contributed by atoms with van der Waals surface area (Å²) in [6.07, 6.45) is 0.789. The van der Waals surface area contributed by atoms with Gasteiger partial charge in [-0.2, -0.15) is 0 Å². The van der Waals surface area contributed by atoms with Gasteiger partial charge in [-0.25, -0.2) is 0 Å². The van der Waals surface area contributed by atoms with Crippen molar-refractivity contribution in [2.75, 3.05) is 54.4 Å². The van der Waals surface area contributed by atoms with Gasteiger partial charge < -0.3 is 25.2 Å². The van der Waals surface area contributed by atoms with Crippen molar-refractivity contribution in [3.05, 3.63) is 65.2 Å². The van der Waals surface area contributed by atoms with Crippen molar-refractivity contribution in [3.63, 3.8) is 0 Å². The highest BCUT2D eigenvalue weighted by molar-refractivity contribution is 5.80. The van der Waals surface area contributed by atoms with Crippen LogP contribution in [0.3, 0.4) is 0 Å². The molecule has 0 aromatic heterocycles. The van der Waals surface area contributed by atoms with Crippen molar-refractivity contribution in [1.29, 1.82) is 0 Å². The highest BCUT2D eigenvalue weighted by Crippen LogP contribution is 2.32. The molecule has 1 aliphatic heterocycles. The Hall–Kier alpha value is -2.90. The first-order valence-corrected chi connectivity index (χ1v) is 11.4. The molecule has 2 atom stereocenters. The summed E-state index contributed by atoms with van der Waals surface area (Å²) in [4.78, 5) is 28.9. The van der Waals surface area contributed by atoms with Gasteiger partial charge in [0, 0.05) is 32.1 Å². The first-order valence-electron chi connectivity index (χ1n) is 11.4. The molecule has 0 radical (unpaired) electrons. The first kappa shape index (κ1) is 24.7. The third kappa shape index (κ3) is 7.30. The van der Waals surface area contributed by atoms with Gasteiger partial charge in [0.15, 0.2) is 0 Å². The SMILES string of the molecule is COc1ccc(CCNC(=O)C2CN(C)CC2c2ccc(CNC(=O)CN(C)C)cc2)cc1. The Labute approximate surface area is 197 Å². The van der Waals surface area contributed by atoms with Gasteiger partial charge in [0.05, 0.1) is 19.6 Å². The van der Waals surface area contributed by atoms with Crippen molar-refractivity contribution in [2.24, 2.45) is 5.92 Å². The maximum absolute atomic E-state index is 13.0. The Kier molecular flexibility index (Phi) is 8.86. The van der Waals surface area contributed by atoms with Gasteiger partial charge >= 0.3 is 0 Å². The lowest BCUT2D eigenvalue weighted by Crippen LogP contribution is -2.35. The van der Waals surface area contributed by atoms with Gasteiger partial charge in [0.1, 0.15) is 5.75 Å². The van der Waals surface area contributed by atoms with Crippen LogP contribution in [0.2, 0.25) is 0 Å². The summed E-state index contributed by atoms with van der Waals surface area (Å²) in [5.74, 6) is 1.04. The van der Waals surface area contributed by atoms with Gasteiger partial charge in [-0.3, -0.25) is 9.59 Å². The molecule has 0 saturated carbocycles. The van der Waals surface area contributed by atoms with E-state index in [1.807, 2.05) is 55.4 Å². The molecule has 0 bridgehead atoms. The number of methoxy groups -OCH3 is 1. The summed E-state index contributed by atoms with van der Waals surface area (Å²) < 4.78 is 5.19. The molecule has 178 valence electrons. The van der Waals surface area contributed by atoms with Crippen LogP contribution in [-0.2, 0) is 22.6 Å². The fourth-order valence-electron chi connectivity index (χ4n) is 4.28. The molecule has 2 aromatic rings. The summed E-state index contributed by atoms with van der Waals surface area (Å²) in [5.41, 5.74) is 3.39. The van der Waals surface area contributed by atoms with Crippen molar-refractivity contribution < 1.29 is 14.3 Å². The number of likely N-dealkylation sites (N-methyl/N-ethyl adjacent to an activating group) is 2. The van der Waals surface area contributed by atoms with E-state index in [-0.39, 0.29) is 23.7 Å². The number of rotatable bonds is 10. The van der Waals surface area contributed by atoms with Gasteiger partial charge in [-0.15, -0.1) is 0 Å². The van der Waals surface area contributed by atoms with Gasteiger partial charge in [-0.1, -0.05) is 36.4 Å². The van der Waals surface area contributed by atoms with E-state index in [1.165, 1.54) is 5.56 Å². The van der Waals surface area contributed by atoms with Crippen LogP contribution in [0.15, 0.2) is 48.5 Å². The number of nitrogens with one attached hydrogen (secondary N) is 2. The van der Waals surface area contributed by atoms with Crippen molar-refractivity contribution in [2.45, 2.75) is 18.9 Å². The predicted molar refractivity (Wildman–Crippen MR) is 130 cm³/mol. The molecule has 2 N–H and O–H groups in total. The lowest BCUT2D eigenvalue weighted by Gasteiger charge is -2.19. The number of carbonyl (C=O) groups is 2. The first-order chi connectivity index (χ1) is 15.9. The van der Waals surface area contributed by atoms with Crippen LogP contribution in [0, 0.1) is 5.92 Å². The molecule has 7 nitrogen and oxygen atoms in total. The molecule has 1 saturated heterocycles. The quantitative estimate of drug-likeness (QED) is 0.576. The maximum atomic E-state index is 13.0. The predicted octanol–water partition coefficient (Wildman–Crippen LogP) is 1.88. The third-order valence-electron chi connectivity index (χ3n) is 6.07. The average molecular weight is 453 g/mol. The molecule has 2 amide bonds. The minimum atomic E-state index is -0.0727. The fraction of sp³-hybridized carbons (Fsp3) is 0.462. The van der Waals surface area contributed by atoms with Crippen molar-refractivity contribution in [3.8, 4) is 5.75 Å². The van der Waals surface area contributed by atoms with E-state index >= 15 is 0 Å². The van der Waals surface area contributed by atoms with Crippen LogP contribution < -0.4 is 15.4 Å². The largest absolute Gasteiger partial charge is 0.497 e. The minimum Gasteiger partial charge on any atom is -0.497 e. The highest BCUT2D eigenvalue weighted by Gasteiger charge is 2.36. The Morgan fingerprint density at radius 2 is 1.67 bits per heavy atom. The number of hydrogen-bond donors (Lipinski definition) is 2. The van der Waals surface area contributed by atoms with Gasteiger partial charge in [0.2, 0.25) is 11.8 Å². The second-order valence-electron chi connectivity index (χ2n) is 9.08. The molecule has 0 aliphatic carbocycles. The second kappa shape index (κ2) is 11.8. The Balaban J connectivity index is 1.53. The van der Waals surface area contributed by atoms with E-state index in [9.17, 15) is 9.59 Å². The van der Waals surface area contributed by atoms with E-state index in [0.29, 0.717) is 19.6 Å². The number of carbonyl (C=O) groups excluding carboxylic acids is 2. The summed E-state index contributed by atoms with van der Waals surface area (Å²) in [7, 11) is 7.46. The zero-order valence-electron chi connectivity index (χ0n) is 20.1. The smallest absolute Gasteiger partial charge is 0.234 e. The third-order valence-corrected chi connectivity index (χ3v) is 6.07. The molecule has 3 rings (SSSR count). The zero-order chi connectivity index (χ0) is 23.8. The molecule has 33 heavy (non-hydrogen) atoms. The van der Waals surface area contributed by atoms with E-state index in [0.717, 1.165) is 36.4 Å². The Morgan fingerprint density at radius 1 is 1.00 bits per heavy atom. The van der Waals surface area contributed by atoms with E-state index in [4.69, 9.17) is 4.74 Å². The summed E-state index contributed by atoms with van der Waals surface area (Å²) >= 11 is 0. The molecule has 2 unspecified atom stereocenters. The minimum absolute atomic E-state index is 0.00729. The molecular weight excluding hydrogens is 416 g/mol. The summed E-state index contributed by atoms with van der Waals surface area (Å²) in [6, 6.07) is 16.2. The highest BCUT2D eigenvalue weighted by atomic mass is 16.5. The van der Waals surface area contributed by atoms with Crippen LogP contribution in [0.4, 0.5) is 0 Å².